The number of rotatable bonds is 3. The van der Waals surface area contributed by atoms with Crippen LogP contribution in [-0.2, 0) is 11.3 Å². The third-order valence-corrected chi connectivity index (χ3v) is 2.98. The summed E-state index contributed by atoms with van der Waals surface area (Å²) in [6.07, 6.45) is -0.701. The largest absolute Gasteiger partial charge is 0.446 e. The molecule has 8 heteroatoms. The van der Waals surface area contributed by atoms with Gasteiger partial charge in [0.1, 0.15) is 5.60 Å². The molecule has 0 saturated heterocycles. The van der Waals surface area contributed by atoms with Gasteiger partial charge in [0.2, 0.25) is 0 Å². The predicted octanol–water partition coefficient (Wildman–Crippen LogP) is 3.91. The van der Waals surface area contributed by atoms with Gasteiger partial charge in [0, 0.05) is 17.1 Å². The van der Waals surface area contributed by atoms with Crippen LogP contribution in [0.4, 0.5) is 23.7 Å². The van der Waals surface area contributed by atoms with Crippen molar-refractivity contribution in [2.24, 2.45) is 0 Å². The molecule has 0 saturated carbocycles. The smallest absolute Gasteiger partial charge is 0.444 e. The molecule has 0 spiro atoms. The number of ether oxygens (including phenoxy) is 1. The second-order valence-electron chi connectivity index (χ2n) is 5.27. The average Bonchev–Trinajstić information content (AvgIpc) is 2.25. The first-order chi connectivity index (χ1) is 9.46. The van der Waals surface area contributed by atoms with E-state index in [9.17, 15) is 18.0 Å². The fraction of sp³-hybridized carbons (Fsp3) is 0.462. The van der Waals surface area contributed by atoms with Crippen molar-refractivity contribution in [2.75, 3.05) is 5.73 Å². The molecule has 4 nitrogen and oxygen atoms in total. The Kier molecular flexibility index (Phi) is 5.38. The van der Waals surface area contributed by atoms with E-state index in [1.807, 2.05) is 0 Å². The van der Waals surface area contributed by atoms with Crippen LogP contribution >= 0.6 is 11.8 Å². The van der Waals surface area contributed by atoms with E-state index < -0.39 is 17.2 Å². The Labute approximate surface area is 125 Å². The van der Waals surface area contributed by atoms with E-state index in [0.717, 1.165) is 0 Å². The Bertz CT molecular complexity index is 513. The van der Waals surface area contributed by atoms with Crippen LogP contribution in [0.2, 0.25) is 0 Å². The number of amides is 1. The van der Waals surface area contributed by atoms with Crippen LogP contribution in [0, 0.1) is 0 Å². The number of halogens is 3. The third-order valence-electron chi connectivity index (χ3n) is 2.13. The number of nitrogen functional groups attached to an aromatic ring is 1. The van der Waals surface area contributed by atoms with Gasteiger partial charge in [-0.15, -0.1) is 0 Å². The topological polar surface area (TPSA) is 64.3 Å². The Morgan fingerprint density at radius 1 is 1.33 bits per heavy atom. The first-order valence-electron chi connectivity index (χ1n) is 6.07. The fourth-order valence-corrected chi connectivity index (χ4v) is 2.09. The fourth-order valence-electron chi connectivity index (χ4n) is 1.44. The molecule has 0 fully saturated rings. The molecule has 0 bridgehead atoms. The van der Waals surface area contributed by atoms with Crippen molar-refractivity contribution in [2.45, 2.75) is 43.3 Å². The van der Waals surface area contributed by atoms with Gasteiger partial charge in [0.25, 0.3) is 0 Å². The zero-order valence-corrected chi connectivity index (χ0v) is 12.7. The lowest BCUT2D eigenvalue weighted by atomic mass is 10.2. The lowest BCUT2D eigenvalue weighted by molar-refractivity contribution is -0.0328. The zero-order valence-electron chi connectivity index (χ0n) is 11.9. The summed E-state index contributed by atoms with van der Waals surface area (Å²) in [6, 6.07) is 4.05. The first kappa shape index (κ1) is 17.5. The lowest BCUT2D eigenvalue weighted by Gasteiger charge is -2.20. The molecule has 0 atom stereocenters. The second-order valence-corrected chi connectivity index (χ2v) is 6.38. The standard InChI is InChI=1S/C13H17F3N2O2S/c1-12(2,3)20-11(19)18-7-8-6-9(17)4-5-10(8)21-13(14,15)16/h4-6H,7,17H2,1-3H3,(H,18,19). The van der Waals surface area contributed by atoms with E-state index in [2.05, 4.69) is 5.32 Å². The van der Waals surface area contributed by atoms with Crippen molar-refractivity contribution < 1.29 is 22.7 Å². The maximum absolute atomic E-state index is 12.5. The molecule has 0 aliphatic carbocycles. The molecule has 1 aromatic carbocycles. The highest BCUT2D eigenvalue weighted by molar-refractivity contribution is 8.00. The number of alkyl carbamates (subject to hydrolysis) is 1. The molecule has 0 unspecified atom stereocenters. The van der Waals surface area contributed by atoms with Crippen LogP contribution < -0.4 is 11.1 Å². The molecule has 0 aliphatic rings. The summed E-state index contributed by atoms with van der Waals surface area (Å²) in [5.41, 5.74) is 1.08. The average molecular weight is 322 g/mol. The maximum atomic E-state index is 12.5. The van der Waals surface area contributed by atoms with Gasteiger partial charge in [-0.05, 0) is 56.3 Å². The summed E-state index contributed by atoms with van der Waals surface area (Å²) >= 11 is -0.247. The van der Waals surface area contributed by atoms with Crippen LogP contribution in [0.3, 0.4) is 0 Å². The van der Waals surface area contributed by atoms with E-state index in [1.54, 1.807) is 20.8 Å². The highest BCUT2D eigenvalue weighted by Crippen LogP contribution is 2.39. The minimum absolute atomic E-state index is 0.00670. The normalized spacial score (nSPS) is 12.1. The van der Waals surface area contributed by atoms with Gasteiger partial charge < -0.3 is 15.8 Å². The molecule has 0 aliphatic heterocycles. The number of nitrogens with two attached hydrogens (primary N) is 1. The summed E-state index contributed by atoms with van der Waals surface area (Å²) in [5, 5.41) is 2.41. The van der Waals surface area contributed by atoms with Crippen LogP contribution in [0.15, 0.2) is 23.1 Å². The zero-order chi connectivity index (χ0) is 16.3. The lowest BCUT2D eigenvalue weighted by Crippen LogP contribution is -2.32. The van der Waals surface area contributed by atoms with Crippen LogP contribution in [0.5, 0.6) is 0 Å². The van der Waals surface area contributed by atoms with Gasteiger partial charge in [-0.3, -0.25) is 0 Å². The molecule has 1 aromatic rings. The number of carbonyl (C=O) groups is 1. The second kappa shape index (κ2) is 6.46. The quantitative estimate of drug-likeness (QED) is 0.654. The van der Waals surface area contributed by atoms with E-state index >= 15 is 0 Å². The van der Waals surface area contributed by atoms with Crippen LogP contribution in [0.1, 0.15) is 26.3 Å². The number of anilines is 1. The molecule has 0 radical (unpaired) electrons. The number of thioether (sulfide) groups is 1. The third kappa shape index (κ3) is 7.12. The van der Waals surface area contributed by atoms with Crippen molar-refractivity contribution >= 4 is 23.5 Å². The summed E-state index contributed by atoms with van der Waals surface area (Å²) < 4.78 is 42.4. The highest BCUT2D eigenvalue weighted by Gasteiger charge is 2.30. The molecule has 1 amide bonds. The first-order valence-corrected chi connectivity index (χ1v) is 6.89. The van der Waals surface area contributed by atoms with Crippen LogP contribution in [-0.4, -0.2) is 17.2 Å². The number of hydrogen-bond acceptors (Lipinski definition) is 4. The molecular formula is C13H17F3N2O2S. The Hall–Kier alpha value is -1.57. The van der Waals surface area contributed by atoms with E-state index in [1.165, 1.54) is 18.2 Å². The molecule has 118 valence electrons. The summed E-state index contributed by atoms with van der Waals surface area (Å²) in [7, 11) is 0. The minimum atomic E-state index is -4.41. The molecule has 1 rings (SSSR count). The molecule has 21 heavy (non-hydrogen) atoms. The Balaban J connectivity index is 2.78. The number of carbonyl (C=O) groups excluding carboxylic acids is 1. The van der Waals surface area contributed by atoms with E-state index in [0.29, 0.717) is 5.69 Å². The molecule has 0 aromatic heterocycles. The number of alkyl halides is 3. The SMILES string of the molecule is CC(C)(C)OC(=O)NCc1cc(N)ccc1SC(F)(F)F. The van der Waals surface area contributed by atoms with Crippen molar-refractivity contribution in [3.8, 4) is 0 Å². The number of nitrogens with one attached hydrogen (secondary N) is 1. The summed E-state index contributed by atoms with van der Waals surface area (Å²) in [5.74, 6) is 0. The number of hydrogen-bond donors (Lipinski definition) is 2. The van der Waals surface area contributed by atoms with Crippen molar-refractivity contribution in [1.82, 2.24) is 5.32 Å². The van der Waals surface area contributed by atoms with Gasteiger partial charge in [0.15, 0.2) is 0 Å². The maximum Gasteiger partial charge on any atom is 0.446 e. The summed E-state index contributed by atoms with van der Waals surface area (Å²) in [6.45, 7) is 4.98. The Morgan fingerprint density at radius 2 is 1.95 bits per heavy atom. The predicted molar refractivity (Wildman–Crippen MR) is 75.8 cm³/mol. The van der Waals surface area contributed by atoms with E-state index in [-0.39, 0.29) is 28.8 Å². The van der Waals surface area contributed by atoms with E-state index in [4.69, 9.17) is 10.5 Å². The van der Waals surface area contributed by atoms with Crippen molar-refractivity contribution in [3.63, 3.8) is 0 Å². The monoisotopic (exact) mass is 322 g/mol. The number of benzene rings is 1. The van der Waals surface area contributed by atoms with Gasteiger partial charge in [-0.2, -0.15) is 13.2 Å². The van der Waals surface area contributed by atoms with Gasteiger partial charge in [-0.25, -0.2) is 4.79 Å². The Morgan fingerprint density at radius 3 is 2.48 bits per heavy atom. The van der Waals surface area contributed by atoms with Gasteiger partial charge in [-0.1, -0.05) is 0 Å². The van der Waals surface area contributed by atoms with Gasteiger partial charge in [0.05, 0.1) is 0 Å². The van der Waals surface area contributed by atoms with Crippen LogP contribution in [0.25, 0.3) is 0 Å². The summed E-state index contributed by atoms with van der Waals surface area (Å²) in [4.78, 5) is 11.5. The van der Waals surface area contributed by atoms with Crippen molar-refractivity contribution in [3.05, 3.63) is 23.8 Å². The highest BCUT2D eigenvalue weighted by atomic mass is 32.2. The molecular weight excluding hydrogens is 305 g/mol. The van der Waals surface area contributed by atoms with Crippen molar-refractivity contribution in [1.29, 1.82) is 0 Å². The minimum Gasteiger partial charge on any atom is -0.444 e. The molecule has 0 heterocycles. The molecule has 3 N–H and O–H groups in total. The van der Waals surface area contributed by atoms with Gasteiger partial charge >= 0.3 is 11.6 Å².